The first-order valence-corrected chi connectivity index (χ1v) is 8.62. The number of nitrogens with zero attached hydrogens (tertiary/aromatic N) is 1. The molecule has 0 spiro atoms. The van der Waals surface area contributed by atoms with E-state index in [9.17, 15) is 24.8 Å². The van der Waals surface area contributed by atoms with E-state index in [0.29, 0.717) is 17.3 Å². The molecule has 2 aromatic rings. The Balaban J connectivity index is 1.88. The molecule has 1 aliphatic rings. The lowest BCUT2D eigenvalue weighted by Crippen LogP contribution is -2.15. The van der Waals surface area contributed by atoms with Gasteiger partial charge >= 0.3 is 5.97 Å². The maximum atomic E-state index is 12.4. The molecule has 1 aromatic heterocycles. The van der Waals surface area contributed by atoms with Gasteiger partial charge in [-0.15, -0.1) is 11.3 Å². The third-order valence-electron chi connectivity index (χ3n) is 4.29. The van der Waals surface area contributed by atoms with E-state index in [1.54, 1.807) is 0 Å². The van der Waals surface area contributed by atoms with Crippen LogP contribution in [0, 0.1) is 16.0 Å². The number of nitrogens with one attached hydrogen (secondary N) is 1. The molecule has 0 aliphatic heterocycles. The summed E-state index contributed by atoms with van der Waals surface area (Å²) in [5.74, 6) is -1.04. The minimum absolute atomic E-state index is 0.108. The Hall–Kier alpha value is -2.74. The lowest BCUT2D eigenvalue weighted by Gasteiger charge is -2.17. The van der Waals surface area contributed by atoms with Crippen molar-refractivity contribution in [3.63, 3.8) is 0 Å². The van der Waals surface area contributed by atoms with Gasteiger partial charge in [0.15, 0.2) is 0 Å². The largest absolute Gasteiger partial charge is 0.478 e. The summed E-state index contributed by atoms with van der Waals surface area (Å²) in [7, 11) is 0. The fourth-order valence-electron chi connectivity index (χ4n) is 2.97. The third kappa shape index (κ3) is 3.39. The van der Waals surface area contributed by atoms with Crippen LogP contribution < -0.4 is 5.32 Å². The summed E-state index contributed by atoms with van der Waals surface area (Å²) in [6.07, 6.45) is 2.44. The van der Waals surface area contributed by atoms with Crippen molar-refractivity contribution in [2.45, 2.75) is 26.2 Å². The van der Waals surface area contributed by atoms with E-state index >= 15 is 0 Å². The molecule has 130 valence electrons. The Morgan fingerprint density at radius 3 is 2.60 bits per heavy atom. The molecule has 0 saturated carbocycles. The van der Waals surface area contributed by atoms with Crippen LogP contribution in [0.4, 0.5) is 10.7 Å². The molecule has 25 heavy (non-hydrogen) atoms. The van der Waals surface area contributed by atoms with Crippen LogP contribution in [0.2, 0.25) is 0 Å². The van der Waals surface area contributed by atoms with Gasteiger partial charge in [0.05, 0.1) is 10.5 Å². The molecule has 8 heteroatoms. The number of thiophene rings is 1. The summed E-state index contributed by atoms with van der Waals surface area (Å²) in [6.45, 7) is 2.12. The van der Waals surface area contributed by atoms with Crippen LogP contribution in [-0.2, 0) is 12.8 Å². The van der Waals surface area contributed by atoms with Gasteiger partial charge in [-0.25, -0.2) is 4.79 Å². The second-order valence-corrected chi connectivity index (χ2v) is 7.22. The van der Waals surface area contributed by atoms with Crippen molar-refractivity contribution in [2.75, 3.05) is 5.32 Å². The van der Waals surface area contributed by atoms with Crippen LogP contribution >= 0.6 is 11.3 Å². The van der Waals surface area contributed by atoms with Crippen molar-refractivity contribution >= 4 is 33.9 Å². The molecule has 2 N–H and O–H groups in total. The molecule has 1 heterocycles. The molecule has 0 fully saturated rings. The van der Waals surface area contributed by atoms with Crippen molar-refractivity contribution in [3.8, 4) is 0 Å². The summed E-state index contributed by atoms with van der Waals surface area (Å²) in [5, 5.41) is 23.2. The number of non-ortho nitro benzene ring substituents is 1. The smallest absolute Gasteiger partial charge is 0.339 e. The highest BCUT2D eigenvalue weighted by atomic mass is 32.1. The monoisotopic (exact) mass is 360 g/mol. The minimum Gasteiger partial charge on any atom is -0.478 e. The Morgan fingerprint density at radius 1 is 1.32 bits per heavy atom. The fraction of sp³-hybridized carbons (Fsp3) is 0.294. The number of aromatic carboxylic acids is 1. The van der Waals surface area contributed by atoms with Gasteiger partial charge in [-0.3, -0.25) is 14.9 Å². The zero-order valence-electron chi connectivity index (χ0n) is 13.4. The van der Waals surface area contributed by atoms with E-state index in [1.807, 2.05) is 0 Å². The molecule has 1 atom stereocenters. The first-order chi connectivity index (χ1) is 11.9. The number of benzene rings is 1. The number of amides is 1. The van der Waals surface area contributed by atoms with Gasteiger partial charge in [0.2, 0.25) is 0 Å². The molecule has 7 nitrogen and oxygen atoms in total. The Kier molecular flexibility index (Phi) is 4.54. The van der Waals surface area contributed by atoms with Crippen LogP contribution in [0.1, 0.15) is 44.5 Å². The number of nitro groups is 1. The minimum atomic E-state index is -1.05. The van der Waals surface area contributed by atoms with Gasteiger partial charge in [-0.1, -0.05) is 6.92 Å². The van der Waals surface area contributed by atoms with Crippen LogP contribution in [0.15, 0.2) is 24.3 Å². The van der Waals surface area contributed by atoms with Crippen LogP contribution in [0.5, 0.6) is 0 Å². The van der Waals surface area contributed by atoms with Crippen molar-refractivity contribution in [1.82, 2.24) is 0 Å². The number of carbonyl (C=O) groups is 2. The van der Waals surface area contributed by atoms with E-state index < -0.39 is 16.8 Å². The van der Waals surface area contributed by atoms with Crippen molar-refractivity contribution < 1.29 is 19.6 Å². The second-order valence-electron chi connectivity index (χ2n) is 6.12. The molecule has 0 bridgehead atoms. The lowest BCUT2D eigenvalue weighted by molar-refractivity contribution is -0.384. The van der Waals surface area contributed by atoms with Gasteiger partial charge < -0.3 is 10.4 Å². The highest BCUT2D eigenvalue weighted by Crippen LogP contribution is 2.39. The summed E-state index contributed by atoms with van der Waals surface area (Å²) >= 11 is 1.30. The van der Waals surface area contributed by atoms with Crippen molar-refractivity contribution in [2.24, 2.45) is 5.92 Å². The van der Waals surface area contributed by atoms with Crippen molar-refractivity contribution in [1.29, 1.82) is 0 Å². The maximum Gasteiger partial charge on any atom is 0.339 e. The summed E-state index contributed by atoms with van der Waals surface area (Å²) in [4.78, 5) is 35.2. The summed E-state index contributed by atoms with van der Waals surface area (Å²) < 4.78 is 0. The molecular formula is C17H16N2O5S. The van der Waals surface area contributed by atoms with Gasteiger partial charge in [-0.05, 0) is 42.9 Å². The van der Waals surface area contributed by atoms with E-state index in [4.69, 9.17) is 0 Å². The average Bonchev–Trinajstić information content (AvgIpc) is 2.91. The van der Waals surface area contributed by atoms with Gasteiger partial charge in [0.25, 0.3) is 11.6 Å². The summed E-state index contributed by atoms with van der Waals surface area (Å²) in [6, 6.07) is 5.19. The number of rotatable bonds is 4. The predicted molar refractivity (Wildman–Crippen MR) is 93.5 cm³/mol. The standard InChI is InChI=1S/C17H16N2O5S/c1-9-2-7-12-13(8-9)25-16(14(12)17(21)22)18-15(20)10-3-5-11(6-4-10)19(23)24/h3-6,9H,2,7-8H2,1H3,(H,18,20)(H,21,22). The Labute approximate surface area is 147 Å². The predicted octanol–water partition coefficient (Wildman–Crippen LogP) is 3.73. The van der Waals surface area contributed by atoms with Crippen LogP contribution in [-0.4, -0.2) is 21.9 Å². The molecule has 1 aliphatic carbocycles. The fourth-order valence-corrected chi connectivity index (χ4v) is 4.37. The van der Waals surface area contributed by atoms with Crippen LogP contribution in [0.3, 0.4) is 0 Å². The number of hydrogen-bond acceptors (Lipinski definition) is 5. The van der Waals surface area contributed by atoms with E-state index in [0.717, 1.165) is 23.3 Å². The molecule has 1 aromatic carbocycles. The zero-order chi connectivity index (χ0) is 18.1. The average molecular weight is 360 g/mol. The summed E-state index contributed by atoms with van der Waals surface area (Å²) in [5.41, 5.74) is 1.11. The third-order valence-corrected chi connectivity index (χ3v) is 5.46. The zero-order valence-corrected chi connectivity index (χ0v) is 14.3. The number of anilines is 1. The Bertz CT molecular complexity index is 857. The van der Waals surface area contributed by atoms with Crippen LogP contribution in [0.25, 0.3) is 0 Å². The number of carboxylic acids is 1. The van der Waals surface area contributed by atoms with Gasteiger partial charge in [0, 0.05) is 22.6 Å². The van der Waals surface area contributed by atoms with Gasteiger partial charge in [0.1, 0.15) is 5.00 Å². The molecule has 1 amide bonds. The number of carbonyl (C=O) groups excluding carboxylic acids is 1. The first kappa shape index (κ1) is 17.1. The molecule has 0 saturated heterocycles. The molecular weight excluding hydrogens is 344 g/mol. The number of hydrogen-bond donors (Lipinski definition) is 2. The maximum absolute atomic E-state index is 12.4. The molecule has 1 unspecified atom stereocenters. The Morgan fingerprint density at radius 2 is 2.00 bits per heavy atom. The molecule has 3 rings (SSSR count). The van der Waals surface area contributed by atoms with E-state index in [-0.39, 0.29) is 16.8 Å². The number of nitro benzene ring substituents is 1. The topological polar surface area (TPSA) is 110 Å². The number of carboxylic acid groups (broad SMARTS) is 1. The normalized spacial score (nSPS) is 16.1. The quantitative estimate of drug-likeness (QED) is 0.638. The second kappa shape index (κ2) is 6.64. The SMILES string of the molecule is CC1CCc2c(sc(NC(=O)c3ccc([N+](=O)[O-])cc3)c2C(=O)O)C1. The lowest BCUT2D eigenvalue weighted by atomic mass is 9.88. The van der Waals surface area contributed by atoms with Gasteiger partial charge in [-0.2, -0.15) is 0 Å². The molecule has 0 radical (unpaired) electrons. The van der Waals surface area contributed by atoms with E-state index in [1.165, 1.54) is 35.6 Å². The first-order valence-electron chi connectivity index (χ1n) is 7.80. The number of fused-ring (bicyclic) bond motifs is 1. The van der Waals surface area contributed by atoms with Crippen molar-refractivity contribution in [3.05, 3.63) is 55.9 Å². The highest BCUT2D eigenvalue weighted by Gasteiger charge is 2.28. The van der Waals surface area contributed by atoms with E-state index in [2.05, 4.69) is 12.2 Å². The highest BCUT2D eigenvalue weighted by molar-refractivity contribution is 7.17.